The van der Waals surface area contributed by atoms with E-state index in [1.807, 2.05) is 13.0 Å². The molecule has 94 valence electrons. The Morgan fingerprint density at radius 3 is 2.67 bits per heavy atom. The molecule has 0 atom stereocenters. The summed E-state index contributed by atoms with van der Waals surface area (Å²) in [6, 6.07) is 6.27. The van der Waals surface area contributed by atoms with Gasteiger partial charge in [-0.3, -0.25) is 4.57 Å². The SMILES string of the molecule is Cc1cc(C)n(Cc2ccc(F)cc2Br)c(=O)n1. The van der Waals surface area contributed by atoms with Gasteiger partial charge in [-0.2, -0.15) is 4.98 Å². The maximum absolute atomic E-state index is 13.0. The first-order valence-corrected chi connectivity index (χ1v) is 6.25. The second-order valence-corrected chi connectivity index (χ2v) is 5.00. The van der Waals surface area contributed by atoms with Crippen molar-refractivity contribution in [2.45, 2.75) is 20.4 Å². The largest absolute Gasteiger partial charge is 0.348 e. The summed E-state index contributed by atoms with van der Waals surface area (Å²) in [5.74, 6) is -0.309. The van der Waals surface area contributed by atoms with E-state index in [1.54, 1.807) is 17.6 Å². The minimum atomic E-state index is -0.309. The lowest BCUT2D eigenvalue weighted by atomic mass is 10.2. The van der Waals surface area contributed by atoms with Gasteiger partial charge in [0.05, 0.1) is 6.54 Å². The van der Waals surface area contributed by atoms with Gasteiger partial charge in [-0.1, -0.05) is 22.0 Å². The van der Waals surface area contributed by atoms with Crippen LogP contribution in [0.25, 0.3) is 0 Å². The number of hydrogen-bond acceptors (Lipinski definition) is 2. The topological polar surface area (TPSA) is 34.9 Å². The molecule has 0 saturated heterocycles. The molecule has 0 fully saturated rings. The van der Waals surface area contributed by atoms with E-state index >= 15 is 0 Å². The third-order valence-electron chi connectivity index (χ3n) is 2.69. The van der Waals surface area contributed by atoms with Crippen LogP contribution >= 0.6 is 15.9 Å². The van der Waals surface area contributed by atoms with Gasteiger partial charge in [0.2, 0.25) is 0 Å². The highest BCUT2D eigenvalue weighted by Gasteiger charge is 2.07. The van der Waals surface area contributed by atoms with Crippen LogP contribution in [0.4, 0.5) is 4.39 Å². The first kappa shape index (κ1) is 13.0. The van der Waals surface area contributed by atoms with Gasteiger partial charge in [-0.15, -0.1) is 0 Å². The number of nitrogens with zero attached hydrogens (tertiary/aromatic N) is 2. The van der Waals surface area contributed by atoms with E-state index in [4.69, 9.17) is 0 Å². The lowest BCUT2D eigenvalue weighted by Crippen LogP contribution is -2.26. The molecule has 0 spiro atoms. The zero-order valence-corrected chi connectivity index (χ0v) is 11.7. The molecule has 0 aliphatic heterocycles. The molecule has 2 rings (SSSR count). The fourth-order valence-corrected chi connectivity index (χ4v) is 2.26. The maximum Gasteiger partial charge on any atom is 0.348 e. The lowest BCUT2D eigenvalue weighted by Gasteiger charge is -2.11. The van der Waals surface area contributed by atoms with Gasteiger partial charge < -0.3 is 0 Å². The molecular weight excluding hydrogens is 299 g/mol. The van der Waals surface area contributed by atoms with E-state index in [2.05, 4.69) is 20.9 Å². The fraction of sp³-hybridized carbons (Fsp3) is 0.231. The maximum atomic E-state index is 13.0. The highest BCUT2D eigenvalue weighted by Crippen LogP contribution is 2.19. The molecule has 1 heterocycles. The molecule has 0 unspecified atom stereocenters. The molecule has 18 heavy (non-hydrogen) atoms. The molecule has 0 N–H and O–H groups in total. The van der Waals surface area contributed by atoms with Crippen LogP contribution in [0.3, 0.4) is 0 Å². The van der Waals surface area contributed by atoms with Gasteiger partial charge in [0.15, 0.2) is 0 Å². The summed E-state index contributed by atoms with van der Waals surface area (Å²) in [6.07, 6.45) is 0. The molecular formula is C13H12BrFN2O. The van der Waals surface area contributed by atoms with Gasteiger partial charge in [0.1, 0.15) is 5.82 Å². The van der Waals surface area contributed by atoms with Crippen molar-refractivity contribution < 1.29 is 4.39 Å². The van der Waals surface area contributed by atoms with Crippen LogP contribution in [0.2, 0.25) is 0 Å². The Hall–Kier alpha value is -1.49. The molecule has 0 aliphatic rings. The monoisotopic (exact) mass is 310 g/mol. The van der Waals surface area contributed by atoms with Crippen LogP contribution in [-0.2, 0) is 6.54 Å². The van der Waals surface area contributed by atoms with Crippen molar-refractivity contribution in [3.05, 3.63) is 62.0 Å². The van der Waals surface area contributed by atoms with Gasteiger partial charge in [-0.05, 0) is 37.6 Å². The molecule has 0 bridgehead atoms. The van der Waals surface area contributed by atoms with Gasteiger partial charge in [0.25, 0.3) is 0 Å². The Kier molecular flexibility index (Phi) is 3.61. The minimum absolute atomic E-state index is 0.288. The van der Waals surface area contributed by atoms with Crippen molar-refractivity contribution in [2.75, 3.05) is 0 Å². The first-order valence-electron chi connectivity index (χ1n) is 5.46. The summed E-state index contributed by atoms with van der Waals surface area (Å²) in [4.78, 5) is 15.7. The highest BCUT2D eigenvalue weighted by atomic mass is 79.9. The van der Waals surface area contributed by atoms with Crippen LogP contribution in [-0.4, -0.2) is 9.55 Å². The standard InChI is InChI=1S/C13H12BrFN2O/c1-8-5-9(2)17(13(18)16-8)7-10-3-4-11(15)6-12(10)14/h3-6H,7H2,1-2H3. The van der Waals surface area contributed by atoms with Crippen molar-refractivity contribution in [1.82, 2.24) is 9.55 Å². The van der Waals surface area contributed by atoms with Gasteiger partial charge in [-0.25, -0.2) is 9.18 Å². The van der Waals surface area contributed by atoms with Crippen LogP contribution < -0.4 is 5.69 Å². The second kappa shape index (κ2) is 5.02. The quantitative estimate of drug-likeness (QED) is 0.855. The van der Waals surface area contributed by atoms with Gasteiger partial charge in [0, 0.05) is 15.9 Å². The Morgan fingerprint density at radius 1 is 1.33 bits per heavy atom. The predicted molar refractivity (Wildman–Crippen MR) is 71.2 cm³/mol. The molecule has 1 aromatic heterocycles. The van der Waals surface area contributed by atoms with Crippen LogP contribution in [0.1, 0.15) is 17.0 Å². The average Bonchev–Trinajstić information content (AvgIpc) is 2.25. The molecule has 3 nitrogen and oxygen atoms in total. The molecule has 2 aromatic rings. The minimum Gasteiger partial charge on any atom is -0.292 e. The fourth-order valence-electron chi connectivity index (χ4n) is 1.79. The summed E-state index contributed by atoms with van der Waals surface area (Å²) in [7, 11) is 0. The van der Waals surface area contributed by atoms with E-state index in [9.17, 15) is 9.18 Å². The van der Waals surface area contributed by atoms with E-state index in [0.29, 0.717) is 16.7 Å². The van der Waals surface area contributed by atoms with Crippen molar-refractivity contribution >= 4 is 15.9 Å². The van der Waals surface area contributed by atoms with E-state index in [0.717, 1.165) is 11.3 Å². The van der Waals surface area contributed by atoms with Crippen molar-refractivity contribution in [1.29, 1.82) is 0 Å². The molecule has 1 aromatic carbocycles. The molecule has 0 radical (unpaired) electrons. The van der Waals surface area contributed by atoms with Crippen molar-refractivity contribution in [3.8, 4) is 0 Å². The summed E-state index contributed by atoms with van der Waals surface area (Å²) in [5.41, 5.74) is 2.09. The van der Waals surface area contributed by atoms with Gasteiger partial charge >= 0.3 is 5.69 Å². The van der Waals surface area contributed by atoms with Crippen LogP contribution in [0.15, 0.2) is 33.5 Å². The number of aryl methyl sites for hydroxylation is 2. The second-order valence-electron chi connectivity index (χ2n) is 4.14. The summed E-state index contributed by atoms with van der Waals surface area (Å²) in [5, 5.41) is 0. The Bertz CT molecular complexity index is 652. The zero-order chi connectivity index (χ0) is 13.3. The van der Waals surface area contributed by atoms with Crippen molar-refractivity contribution in [3.63, 3.8) is 0 Å². The van der Waals surface area contributed by atoms with E-state index < -0.39 is 0 Å². The Morgan fingerprint density at radius 2 is 2.06 bits per heavy atom. The Labute approximate surface area is 112 Å². The summed E-state index contributed by atoms with van der Waals surface area (Å²) < 4.78 is 15.2. The van der Waals surface area contributed by atoms with Crippen LogP contribution in [0.5, 0.6) is 0 Å². The number of hydrogen-bond donors (Lipinski definition) is 0. The predicted octanol–water partition coefficient (Wildman–Crippen LogP) is 2.81. The molecule has 0 amide bonds. The molecule has 5 heteroatoms. The number of rotatable bonds is 2. The third kappa shape index (κ3) is 2.67. The summed E-state index contributed by atoms with van der Waals surface area (Å²) >= 11 is 3.29. The molecule has 0 saturated carbocycles. The average molecular weight is 311 g/mol. The number of halogens is 2. The lowest BCUT2D eigenvalue weighted by molar-refractivity contribution is 0.623. The van der Waals surface area contributed by atoms with E-state index in [-0.39, 0.29) is 11.5 Å². The normalized spacial score (nSPS) is 10.7. The smallest absolute Gasteiger partial charge is 0.292 e. The highest BCUT2D eigenvalue weighted by molar-refractivity contribution is 9.10. The van der Waals surface area contributed by atoms with Crippen LogP contribution in [0, 0.1) is 19.7 Å². The third-order valence-corrected chi connectivity index (χ3v) is 3.43. The number of benzene rings is 1. The van der Waals surface area contributed by atoms with E-state index in [1.165, 1.54) is 12.1 Å². The van der Waals surface area contributed by atoms with Crippen molar-refractivity contribution in [2.24, 2.45) is 0 Å². The number of aromatic nitrogens is 2. The molecule has 0 aliphatic carbocycles. The first-order chi connectivity index (χ1) is 8.47. The zero-order valence-electron chi connectivity index (χ0n) is 10.1. The Balaban J connectivity index is 2.43. The summed E-state index contributed by atoms with van der Waals surface area (Å²) in [6.45, 7) is 4.01.